The van der Waals surface area contributed by atoms with E-state index in [1.807, 2.05) is 24.3 Å². The molecule has 0 atom stereocenters. The van der Waals surface area contributed by atoms with Crippen LogP contribution >= 0.6 is 0 Å². The van der Waals surface area contributed by atoms with Gasteiger partial charge in [-0.25, -0.2) is 13.8 Å². The predicted octanol–water partition coefficient (Wildman–Crippen LogP) is 4.84. The normalized spacial score (nSPS) is 14.4. The molecule has 1 aliphatic rings. The molecule has 0 unspecified atom stereocenters. The highest BCUT2D eigenvalue weighted by Crippen LogP contribution is 2.38. The third-order valence-electron chi connectivity index (χ3n) is 6.08. The highest BCUT2D eigenvalue weighted by Gasteiger charge is 2.21. The Kier molecular flexibility index (Phi) is 6.12. The lowest BCUT2D eigenvalue weighted by atomic mass is 10.2. The third-order valence-corrected chi connectivity index (χ3v) is 6.08. The Morgan fingerprint density at radius 2 is 1.77 bits per heavy atom. The van der Waals surface area contributed by atoms with Gasteiger partial charge in [0.15, 0.2) is 23.2 Å². The van der Waals surface area contributed by atoms with E-state index >= 15 is 4.39 Å². The highest BCUT2D eigenvalue weighted by molar-refractivity contribution is 5.83. The first kappa shape index (κ1) is 22.9. The maximum atomic E-state index is 15.0. The first-order valence-electron chi connectivity index (χ1n) is 11.3. The number of nitrogens with zero attached hydrogens (tertiary/aromatic N) is 4. The molecule has 4 aromatic rings. The number of rotatable bonds is 6. The van der Waals surface area contributed by atoms with Gasteiger partial charge in [-0.2, -0.15) is 4.98 Å². The number of hydrogen-bond acceptors (Lipinski definition) is 7. The van der Waals surface area contributed by atoms with Crippen molar-refractivity contribution >= 4 is 28.1 Å². The number of anilines is 3. The van der Waals surface area contributed by atoms with Crippen molar-refractivity contribution in [2.75, 3.05) is 50.6 Å². The quantitative estimate of drug-likeness (QED) is 0.409. The lowest BCUT2D eigenvalue weighted by Gasteiger charge is -2.34. The molecule has 0 bridgehead atoms. The van der Waals surface area contributed by atoms with E-state index < -0.39 is 11.6 Å². The van der Waals surface area contributed by atoms with Crippen molar-refractivity contribution < 1.29 is 18.3 Å². The van der Waals surface area contributed by atoms with Gasteiger partial charge in [-0.15, -0.1) is 0 Å². The zero-order valence-electron chi connectivity index (χ0n) is 19.7. The van der Waals surface area contributed by atoms with Crippen molar-refractivity contribution in [3.05, 3.63) is 60.1 Å². The monoisotopic (exact) mass is 480 g/mol. The van der Waals surface area contributed by atoms with Crippen LogP contribution in [0.1, 0.15) is 5.69 Å². The van der Waals surface area contributed by atoms with Crippen molar-refractivity contribution in [3.8, 4) is 17.4 Å². The number of hydrogen-bond donors (Lipinski definition) is 2. The van der Waals surface area contributed by atoms with Gasteiger partial charge in [0.2, 0.25) is 5.75 Å². The Balaban J connectivity index is 1.38. The molecule has 2 N–H and O–H groups in total. The number of piperazine rings is 1. The van der Waals surface area contributed by atoms with Crippen molar-refractivity contribution in [1.82, 2.24) is 19.9 Å². The summed E-state index contributed by atoms with van der Waals surface area (Å²) in [6.07, 6.45) is 1.27. The van der Waals surface area contributed by atoms with Crippen molar-refractivity contribution in [3.63, 3.8) is 0 Å². The fourth-order valence-corrected chi connectivity index (χ4v) is 4.17. The molecular formula is C25H26F2N6O2. The summed E-state index contributed by atoms with van der Waals surface area (Å²) in [5.74, 6) is -1.15. The van der Waals surface area contributed by atoms with Gasteiger partial charge in [0, 0.05) is 54.7 Å². The molecule has 0 spiro atoms. The molecule has 5 rings (SSSR count). The number of H-pyrrole nitrogens is 1. The number of ether oxygens (including phenoxy) is 2. The van der Waals surface area contributed by atoms with E-state index in [-0.39, 0.29) is 28.3 Å². The topological polar surface area (TPSA) is 78.5 Å². The van der Waals surface area contributed by atoms with Crippen LogP contribution in [0.5, 0.6) is 17.4 Å². The molecule has 1 saturated heterocycles. The second kappa shape index (κ2) is 9.38. The van der Waals surface area contributed by atoms with Gasteiger partial charge >= 0.3 is 0 Å². The summed E-state index contributed by atoms with van der Waals surface area (Å²) in [6, 6.07) is 10.5. The standard InChI is InChI=1S/C25H26F2N6O2/c1-15-12-18-21(27)20(13-19(26)22(18)30-15)35-25-23(34-3)24(28-14-29-25)31-16-4-6-17(7-5-16)33-10-8-32(2)9-11-33/h4-7,12-14,30H,8-11H2,1-3H3,(H,28,29,31). The zero-order valence-corrected chi connectivity index (χ0v) is 19.7. The largest absolute Gasteiger partial charge is 0.489 e. The Morgan fingerprint density at radius 3 is 2.49 bits per heavy atom. The van der Waals surface area contributed by atoms with E-state index in [1.165, 1.54) is 19.5 Å². The summed E-state index contributed by atoms with van der Waals surface area (Å²) in [4.78, 5) is 15.8. The number of aryl methyl sites for hydroxylation is 1. The molecule has 1 fully saturated rings. The van der Waals surface area contributed by atoms with Gasteiger partial charge in [0.25, 0.3) is 5.88 Å². The maximum absolute atomic E-state index is 15.0. The Morgan fingerprint density at radius 1 is 1.03 bits per heavy atom. The Labute approximate surface area is 201 Å². The fraction of sp³-hybridized carbons (Fsp3) is 0.280. The van der Waals surface area contributed by atoms with Gasteiger partial charge in [-0.05, 0) is 44.3 Å². The van der Waals surface area contributed by atoms with E-state index in [9.17, 15) is 4.39 Å². The van der Waals surface area contributed by atoms with Gasteiger partial charge < -0.3 is 29.6 Å². The van der Waals surface area contributed by atoms with Crippen molar-refractivity contribution in [1.29, 1.82) is 0 Å². The fourth-order valence-electron chi connectivity index (χ4n) is 4.17. The molecule has 35 heavy (non-hydrogen) atoms. The minimum Gasteiger partial charge on any atom is -0.489 e. The summed E-state index contributed by atoms with van der Waals surface area (Å²) >= 11 is 0. The van der Waals surface area contributed by atoms with E-state index in [1.54, 1.807) is 6.92 Å². The minimum absolute atomic E-state index is 0.0380. The number of fused-ring (bicyclic) bond motifs is 1. The number of aromatic amines is 1. The molecule has 2 aromatic heterocycles. The molecule has 0 aliphatic carbocycles. The number of aromatic nitrogens is 3. The first-order valence-corrected chi connectivity index (χ1v) is 11.3. The van der Waals surface area contributed by atoms with Crippen LogP contribution in [0, 0.1) is 18.6 Å². The number of likely N-dealkylation sites (N-methyl/N-ethyl adjacent to an activating group) is 1. The van der Waals surface area contributed by atoms with Crippen LogP contribution in [0.25, 0.3) is 10.9 Å². The molecule has 8 nitrogen and oxygen atoms in total. The highest BCUT2D eigenvalue weighted by atomic mass is 19.1. The summed E-state index contributed by atoms with van der Waals surface area (Å²) in [7, 11) is 3.56. The molecule has 182 valence electrons. The van der Waals surface area contributed by atoms with Gasteiger partial charge in [-0.3, -0.25) is 0 Å². The average molecular weight is 481 g/mol. The summed E-state index contributed by atoms with van der Waals surface area (Å²) < 4.78 is 40.7. The van der Waals surface area contributed by atoms with Crippen LogP contribution in [-0.2, 0) is 0 Å². The molecule has 1 aliphatic heterocycles. The summed E-state index contributed by atoms with van der Waals surface area (Å²) in [5, 5.41) is 3.29. The van der Waals surface area contributed by atoms with Gasteiger partial charge in [0.05, 0.1) is 12.6 Å². The number of nitrogens with one attached hydrogen (secondary N) is 2. The zero-order chi connectivity index (χ0) is 24.5. The van der Waals surface area contributed by atoms with Crippen LogP contribution in [0.4, 0.5) is 26.0 Å². The predicted molar refractivity (Wildman–Crippen MR) is 131 cm³/mol. The number of methoxy groups -OCH3 is 1. The lowest BCUT2D eigenvalue weighted by molar-refractivity contribution is 0.313. The molecule has 0 saturated carbocycles. The number of benzene rings is 2. The van der Waals surface area contributed by atoms with Crippen molar-refractivity contribution in [2.24, 2.45) is 0 Å². The average Bonchev–Trinajstić information content (AvgIpc) is 3.26. The van der Waals surface area contributed by atoms with Gasteiger partial charge in [-0.1, -0.05) is 0 Å². The molecule has 0 radical (unpaired) electrons. The second-order valence-corrected chi connectivity index (χ2v) is 8.54. The van der Waals surface area contributed by atoms with Gasteiger partial charge in [0.1, 0.15) is 6.33 Å². The van der Waals surface area contributed by atoms with E-state index in [2.05, 4.69) is 37.1 Å². The molecule has 3 heterocycles. The molecular weight excluding hydrogens is 454 g/mol. The number of halogens is 2. The summed E-state index contributed by atoms with van der Waals surface area (Å²) in [6.45, 7) is 5.75. The van der Waals surface area contributed by atoms with Crippen LogP contribution in [-0.4, -0.2) is 60.2 Å². The second-order valence-electron chi connectivity index (χ2n) is 8.54. The molecule has 10 heteroatoms. The Bertz CT molecular complexity index is 1350. The first-order chi connectivity index (χ1) is 16.9. The SMILES string of the molecule is COc1c(Nc2ccc(N3CCN(C)CC3)cc2)ncnc1Oc1cc(F)c2[nH]c(C)cc2c1F. The lowest BCUT2D eigenvalue weighted by Crippen LogP contribution is -2.44. The Hall–Kier alpha value is -3.92. The van der Waals surface area contributed by atoms with E-state index in [0.29, 0.717) is 11.5 Å². The van der Waals surface area contributed by atoms with Crippen molar-refractivity contribution in [2.45, 2.75) is 6.92 Å². The maximum Gasteiger partial charge on any atom is 0.268 e. The van der Waals surface area contributed by atoms with Crippen LogP contribution in [0.15, 0.2) is 42.7 Å². The van der Waals surface area contributed by atoms with E-state index in [4.69, 9.17) is 9.47 Å². The molecule has 2 aromatic carbocycles. The van der Waals surface area contributed by atoms with Crippen LogP contribution < -0.4 is 19.7 Å². The third kappa shape index (κ3) is 4.57. The molecule has 0 amide bonds. The smallest absolute Gasteiger partial charge is 0.268 e. The van der Waals surface area contributed by atoms with Crippen LogP contribution in [0.2, 0.25) is 0 Å². The van der Waals surface area contributed by atoms with E-state index in [0.717, 1.165) is 43.6 Å². The summed E-state index contributed by atoms with van der Waals surface area (Å²) in [5.41, 5.74) is 2.66. The minimum atomic E-state index is -0.694. The van der Waals surface area contributed by atoms with Crippen LogP contribution in [0.3, 0.4) is 0 Å².